The van der Waals surface area contributed by atoms with Gasteiger partial charge in [-0.1, -0.05) is 18.6 Å². The number of ether oxygens (including phenoxy) is 2. The lowest BCUT2D eigenvalue weighted by Gasteiger charge is -2.25. The van der Waals surface area contributed by atoms with Gasteiger partial charge in [0, 0.05) is 25.7 Å². The van der Waals surface area contributed by atoms with E-state index in [1.54, 1.807) is 39.2 Å². The minimum Gasteiger partial charge on any atom is -0.490 e. The quantitative estimate of drug-likeness (QED) is 0.272. The van der Waals surface area contributed by atoms with Crippen molar-refractivity contribution in [3.05, 3.63) is 23.8 Å². The molecule has 2 fully saturated rings. The monoisotopic (exact) mass is 566 g/mol. The molecular weight excluding hydrogens is 533 g/mol. The molecule has 32 heavy (non-hydrogen) atoms. The van der Waals surface area contributed by atoms with Gasteiger partial charge >= 0.3 is 6.61 Å². The summed E-state index contributed by atoms with van der Waals surface area (Å²) < 4.78 is 36.1. The van der Waals surface area contributed by atoms with Gasteiger partial charge in [0.2, 0.25) is 5.91 Å². The van der Waals surface area contributed by atoms with Crippen LogP contribution in [0, 0.1) is 11.8 Å². The summed E-state index contributed by atoms with van der Waals surface area (Å²) in [5.74, 6) is 2.03. The maximum Gasteiger partial charge on any atom is 0.387 e. The first-order valence-electron chi connectivity index (χ1n) is 10.8. The molecule has 0 radical (unpaired) electrons. The van der Waals surface area contributed by atoms with Crippen LogP contribution in [0.3, 0.4) is 0 Å². The molecule has 2 aliphatic carbocycles. The van der Waals surface area contributed by atoms with E-state index in [-0.39, 0.29) is 54.5 Å². The van der Waals surface area contributed by atoms with Crippen LogP contribution < -0.4 is 20.1 Å². The van der Waals surface area contributed by atoms with E-state index >= 15 is 0 Å². The molecule has 1 aromatic rings. The zero-order valence-electron chi connectivity index (χ0n) is 18.8. The van der Waals surface area contributed by atoms with Gasteiger partial charge in [0.1, 0.15) is 0 Å². The summed E-state index contributed by atoms with van der Waals surface area (Å²) in [5, 5.41) is 6.54. The number of aliphatic imine (C=N–C) groups is 1. The summed E-state index contributed by atoms with van der Waals surface area (Å²) in [7, 11) is 3.38. The largest absolute Gasteiger partial charge is 0.490 e. The van der Waals surface area contributed by atoms with Crippen LogP contribution >= 0.6 is 24.0 Å². The number of para-hydroxylation sites is 1. The Morgan fingerprint density at radius 2 is 2.06 bits per heavy atom. The number of alkyl halides is 2. The van der Waals surface area contributed by atoms with Gasteiger partial charge in [-0.2, -0.15) is 8.78 Å². The number of nitrogens with one attached hydrogen (secondary N) is 2. The molecular formula is C22H33F2IN4O3. The summed E-state index contributed by atoms with van der Waals surface area (Å²) in [5.41, 5.74) is 0.485. The van der Waals surface area contributed by atoms with E-state index < -0.39 is 6.61 Å². The molecule has 180 valence electrons. The lowest BCUT2D eigenvalue weighted by Crippen LogP contribution is -2.48. The summed E-state index contributed by atoms with van der Waals surface area (Å²) >= 11 is 0. The van der Waals surface area contributed by atoms with Gasteiger partial charge in [0.25, 0.3) is 0 Å². The van der Waals surface area contributed by atoms with Crippen molar-refractivity contribution >= 4 is 35.8 Å². The maximum atomic E-state index is 13.0. The number of guanidine groups is 1. The average molecular weight is 566 g/mol. The van der Waals surface area contributed by atoms with Crippen molar-refractivity contribution < 1.29 is 23.0 Å². The van der Waals surface area contributed by atoms with Crippen molar-refractivity contribution in [2.24, 2.45) is 16.8 Å². The Morgan fingerprint density at radius 1 is 1.28 bits per heavy atom. The number of carbonyl (C=O) groups excluding carboxylic acids is 1. The summed E-state index contributed by atoms with van der Waals surface area (Å²) in [6.07, 6.45) is 4.80. The molecule has 10 heteroatoms. The van der Waals surface area contributed by atoms with Gasteiger partial charge in [-0.25, -0.2) is 4.99 Å². The van der Waals surface area contributed by atoms with Crippen molar-refractivity contribution in [2.45, 2.75) is 51.8 Å². The number of fused-ring (bicyclic) bond motifs is 2. The van der Waals surface area contributed by atoms with Crippen LogP contribution in [0.5, 0.6) is 11.5 Å². The van der Waals surface area contributed by atoms with Crippen LogP contribution in [0.1, 0.15) is 38.2 Å². The molecule has 0 aromatic heterocycles. The summed E-state index contributed by atoms with van der Waals surface area (Å²) in [6.45, 7) is -0.655. The highest BCUT2D eigenvalue weighted by Crippen LogP contribution is 2.44. The van der Waals surface area contributed by atoms with Crippen molar-refractivity contribution in [1.82, 2.24) is 15.5 Å². The van der Waals surface area contributed by atoms with Gasteiger partial charge < -0.3 is 25.0 Å². The van der Waals surface area contributed by atoms with Crippen molar-refractivity contribution in [1.29, 1.82) is 0 Å². The highest BCUT2D eigenvalue weighted by atomic mass is 127. The Morgan fingerprint density at radius 3 is 2.66 bits per heavy atom. The third-order valence-electron chi connectivity index (χ3n) is 5.94. The van der Waals surface area contributed by atoms with E-state index in [2.05, 4.69) is 15.6 Å². The number of hydrogen-bond acceptors (Lipinski definition) is 4. The Bertz CT molecular complexity index is 794. The second-order valence-electron chi connectivity index (χ2n) is 8.29. The van der Waals surface area contributed by atoms with Crippen molar-refractivity contribution in [3.8, 4) is 11.5 Å². The first-order valence-corrected chi connectivity index (χ1v) is 10.8. The first kappa shape index (κ1) is 26.4. The van der Waals surface area contributed by atoms with Gasteiger partial charge in [-0.05, 0) is 44.1 Å². The summed E-state index contributed by atoms with van der Waals surface area (Å²) in [6, 6.07) is 5.31. The molecule has 2 aliphatic rings. The predicted octanol–water partition coefficient (Wildman–Crippen LogP) is 3.62. The lowest BCUT2D eigenvalue weighted by atomic mass is 9.95. The number of nitrogens with zero attached hydrogens (tertiary/aromatic N) is 2. The van der Waals surface area contributed by atoms with E-state index in [0.29, 0.717) is 30.1 Å². The number of halogens is 3. The van der Waals surface area contributed by atoms with Crippen LogP contribution in [0.4, 0.5) is 8.78 Å². The Hall–Kier alpha value is -1.85. The molecule has 2 N–H and O–H groups in total. The third-order valence-corrected chi connectivity index (χ3v) is 5.94. The van der Waals surface area contributed by atoms with E-state index in [0.717, 1.165) is 12.3 Å². The number of likely N-dealkylation sites (N-methyl/N-ethyl adjacent to an activating group) is 1. The summed E-state index contributed by atoms with van der Waals surface area (Å²) in [4.78, 5) is 18.1. The predicted molar refractivity (Wildman–Crippen MR) is 130 cm³/mol. The molecule has 7 nitrogen and oxygen atoms in total. The van der Waals surface area contributed by atoms with Gasteiger partial charge in [0.05, 0.1) is 19.7 Å². The lowest BCUT2D eigenvalue weighted by molar-refractivity contribution is -0.127. The number of benzene rings is 1. The van der Waals surface area contributed by atoms with Gasteiger partial charge in [0.15, 0.2) is 17.5 Å². The first-order chi connectivity index (χ1) is 14.9. The fourth-order valence-electron chi connectivity index (χ4n) is 4.41. The molecule has 3 rings (SSSR count). The standard InChI is InChI=1S/C22H32F2N4O3.HI/c1-4-30-18-7-5-6-16(20(18)31-21(23)24)12-25-22(26-13-19(29)28(2)3)27-17-11-14-8-9-15(17)10-14;/h5-7,14-15,17,21H,4,8-13H2,1-3H3,(H2,25,26,27);1H. The fraction of sp³-hybridized carbons (Fsp3) is 0.636. The van der Waals surface area contributed by atoms with Crippen molar-refractivity contribution in [3.63, 3.8) is 0 Å². The highest BCUT2D eigenvalue weighted by molar-refractivity contribution is 14.0. The second kappa shape index (κ2) is 12.4. The topological polar surface area (TPSA) is 75.2 Å². The number of carbonyl (C=O) groups is 1. The minimum atomic E-state index is -2.97. The zero-order valence-corrected chi connectivity index (χ0v) is 21.1. The van der Waals surface area contributed by atoms with E-state index in [4.69, 9.17) is 9.47 Å². The molecule has 0 heterocycles. The molecule has 2 bridgehead atoms. The molecule has 0 saturated heterocycles. The SMILES string of the molecule is CCOc1cccc(CN=C(NCC(=O)N(C)C)NC2CC3CCC2C3)c1OC(F)F.I. The van der Waals surface area contributed by atoms with Crippen LogP contribution in [0.25, 0.3) is 0 Å². The minimum absolute atomic E-state index is 0. The van der Waals surface area contributed by atoms with Crippen LogP contribution in [-0.2, 0) is 11.3 Å². The van der Waals surface area contributed by atoms with Crippen LogP contribution in [0.2, 0.25) is 0 Å². The Kier molecular flexibility index (Phi) is 10.2. The molecule has 3 atom stereocenters. The second-order valence-corrected chi connectivity index (χ2v) is 8.29. The van der Waals surface area contributed by atoms with Crippen molar-refractivity contribution in [2.75, 3.05) is 27.2 Å². The van der Waals surface area contributed by atoms with Crippen LogP contribution in [0.15, 0.2) is 23.2 Å². The van der Waals surface area contributed by atoms with Gasteiger partial charge in [-0.15, -0.1) is 24.0 Å². The maximum absolute atomic E-state index is 13.0. The zero-order chi connectivity index (χ0) is 22.4. The molecule has 1 amide bonds. The number of amides is 1. The molecule has 2 saturated carbocycles. The Labute approximate surface area is 205 Å². The average Bonchev–Trinajstić information content (AvgIpc) is 3.34. The molecule has 3 unspecified atom stereocenters. The van der Waals surface area contributed by atoms with Crippen LogP contribution in [-0.4, -0.2) is 56.7 Å². The molecule has 0 spiro atoms. The number of hydrogen-bond donors (Lipinski definition) is 2. The highest BCUT2D eigenvalue weighted by Gasteiger charge is 2.39. The third kappa shape index (κ3) is 7.08. The van der Waals surface area contributed by atoms with E-state index in [1.807, 2.05) is 0 Å². The van der Waals surface area contributed by atoms with E-state index in [1.165, 1.54) is 24.2 Å². The molecule has 0 aliphatic heterocycles. The van der Waals surface area contributed by atoms with Gasteiger partial charge in [-0.3, -0.25) is 4.79 Å². The molecule has 1 aromatic carbocycles. The number of rotatable bonds is 9. The fourth-order valence-corrected chi connectivity index (χ4v) is 4.41. The van der Waals surface area contributed by atoms with E-state index in [9.17, 15) is 13.6 Å². The normalized spacial score (nSPS) is 21.8. The Balaban J connectivity index is 0.00000363. The smallest absolute Gasteiger partial charge is 0.387 e.